The number of likely N-dealkylation sites (tertiary alicyclic amines) is 1. The molecule has 5 rings (SSSR count). The van der Waals surface area contributed by atoms with Crippen LogP contribution in [-0.4, -0.2) is 61.8 Å². The Balaban J connectivity index is 1.35. The number of amides is 3. The number of carbonyl (C=O) groups is 3. The van der Waals surface area contributed by atoms with E-state index in [4.69, 9.17) is 5.73 Å². The van der Waals surface area contributed by atoms with Crippen molar-refractivity contribution in [1.82, 2.24) is 24.5 Å². The maximum atomic E-state index is 14.9. The Morgan fingerprint density at radius 2 is 1.89 bits per heavy atom. The van der Waals surface area contributed by atoms with E-state index in [0.717, 1.165) is 23.1 Å². The molecule has 2 fully saturated rings. The van der Waals surface area contributed by atoms with Crippen LogP contribution in [0.25, 0.3) is 5.65 Å². The highest BCUT2D eigenvalue weighted by Crippen LogP contribution is 2.33. The largest absolute Gasteiger partial charge is 0.381 e. The molecule has 11 nitrogen and oxygen atoms in total. The first-order chi connectivity index (χ1) is 16.8. The molecule has 0 unspecified atom stereocenters. The summed E-state index contributed by atoms with van der Waals surface area (Å²) in [6, 6.07) is 0. The summed E-state index contributed by atoms with van der Waals surface area (Å²) in [6.07, 6.45) is 6.26. The minimum absolute atomic E-state index is 0.0445. The number of fused-ring (bicyclic) bond motifs is 1. The van der Waals surface area contributed by atoms with Gasteiger partial charge in [0.15, 0.2) is 23.1 Å². The van der Waals surface area contributed by atoms with E-state index < -0.39 is 17.5 Å². The van der Waals surface area contributed by atoms with Gasteiger partial charge in [-0.15, -0.1) is 5.10 Å². The van der Waals surface area contributed by atoms with Gasteiger partial charge in [-0.2, -0.15) is 0 Å². The Labute approximate surface area is 197 Å². The lowest BCUT2D eigenvalue weighted by atomic mass is 9.95. The van der Waals surface area contributed by atoms with Crippen LogP contribution in [0.4, 0.5) is 26.0 Å². The molecule has 0 saturated carbocycles. The van der Waals surface area contributed by atoms with E-state index >= 15 is 0 Å². The third-order valence-electron chi connectivity index (χ3n) is 6.32. The molecular formula is C22H22F2N8O3. The first-order valence-electron chi connectivity index (χ1n) is 11.2. The fourth-order valence-corrected chi connectivity index (χ4v) is 4.62. The van der Waals surface area contributed by atoms with Gasteiger partial charge in [-0.1, -0.05) is 0 Å². The smallest absolute Gasteiger partial charge is 0.263 e. The summed E-state index contributed by atoms with van der Waals surface area (Å²) in [5, 5.41) is 6.51. The summed E-state index contributed by atoms with van der Waals surface area (Å²) in [5.74, 6) is -2.81. The van der Waals surface area contributed by atoms with Crippen molar-refractivity contribution < 1.29 is 23.2 Å². The number of aromatic nitrogens is 4. The van der Waals surface area contributed by atoms with Crippen LogP contribution < -0.4 is 16.0 Å². The maximum absolute atomic E-state index is 14.9. The third-order valence-corrected chi connectivity index (χ3v) is 6.32. The Kier molecular flexibility index (Phi) is 5.75. The van der Waals surface area contributed by atoms with E-state index in [1.54, 1.807) is 4.90 Å². The number of nitrogens with zero attached hydrogens (tertiary/aromatic N) is 6. The van der Waals surface area contributed by atoms with Gasteiger partial charge in [0, 0.05) is 32.0 Å². The topological polar surface area (TPSA) is 139 Å². The minimum atomic E-state index is -0.706. The summed E-state index contributed by atoms with van der Waals surface area (Å²) < 4.78 is 29.4. The molecule has 0 aromatic carbocycles. The first kappa shape index (κ1) is 22.6. The molecular weight excluding hydrogens is 462 g/mol. The zero-order chi connectivity index (χ0) is 24.7. The van der Waals surface area contributed by atoms with Crippen molar-refractivity contribution in [1.29, 1.82) is 0 Å². The summed E-state index contributed by atoms with van der Waals surface area (Å²) in [4.78, 5) is 48.4. The summed E-state index contributed by atoms with van der Waals surface area (Å²) >= 11 is 0. The molecule has 5 heterocycles. The van der Waals surface area contributed by atoms with E-state index in [1.807, 2.05) is 0 Å². The minimum Gasteiger partial charge on any atom is -0.381 e. The second-order valence-electron chi connectivity index (χ2n) is 8.52. The number of hydrogen-bond donors (Lipinski definition) is 2. The maximum Gasteiger partial charge on any atom is 0.263 e. The highest BCUT2D eigenvalue weighted by Gasteiger charge is 2.35. The molecule has 0 bridgehead atoms. The molecule has 0 radical (unpaired) electrons. The molecule has 0 atom stereocenters. The zero-order valence-corrected chi connectivity index (χ0v) is 18.6. The third kappa shape index (κ3) is 4.13. The Morgan fingerprint density at radius 3 is 2.60 bits per heavy atom. The Bertz CT molecular complexity index is 1340. The average molecular weight is 484 g/mol. The number of carbonyl (C=O) groups excluding carboxylic acids is 3. The normalized spacial score (nSPS) is 16.8. The van der Waals surface area contributed by atoms with Gasteiger partial charge in [-0.3, -0.25) is 24.3 Å². The lowest BCUT2D eigenvalue weighted by molar-refractivity contribution is -0.145. The molecule has 13 heteroatoms. The van der Waals surface area contributed by atoms with Crippen molar-refractivity contribution in [3.63, 3.8) is 0 Å². The van der Waals surface area contributed by atoms with Gasteiger partial charge in [-0.05, 0) is 19.3 Å². The van der Waals surface area contributed by atoms with Gasteiger partial charge < -0.3 is 16.0 Å². The summed E-state index contributed by atoms with van der Waals surface area (Å²) in [7, 11) is 0. The van der Waals surface area contributed by atoms with E-state index in [-0.39, 0.29) is 46.1 Å². The van der Waals surface area contributed by atoms with Gasteiger partial charge in [0.25, 0.3) is 5.91 Å². The van der Waals surface area contributed by atoms with E-state index in [2.05, 4.69) is 20.4 Å². The quantitative estimate of drug-likeness (QED) is 0.533. The van der Waals surface area contributed by atoms with E-state index in [0.29, 0.717) is 45.3 Å². The van der Waals surface area contributed by atoms with Crippen LogP contribution in [0.1, 0.15) is 36.0 Å². The van der Waals surface area contributed by atoms with Crippen LogP contribution in [0.2, 0.25) is 0 Å². The number of pyridine rings is 1. The molecule has 3 aromatic rings. The highest BCUT2D eigenvalue weighted by molar-refractivity contribution is 6.12. The number of nitrogens with one attached hydrogen (secondary N) is 1. The van der Waals surface area contributed by atoms with E-state index in [9.17, 15) is 23.2 Å². The summed E-state index contributed by atoms with van der Waals surface area (Å²) in [6.45, 7) is 1.14. The number of piperidine rings is 1. The van der Waals surface area contributed by atoms with Gasteiger partial charge in [-0.25, -0.2) is 18.3 Å². The fraction of sp³-hybridized carbons (Fsp3) is 0.364. The Morgan fingerprint density at radius 1 is 1.11 bits per heavy atom. The van der Waals surface area contributed by atoms with Crippen LogP contribution in [0.5, 0.6) is 0 Å². The number of anilines is 3. The number of imide groups is 1. The number of rotatable bonds is 4. The second kappa shape index (κ2) is 8.89. The average Bonchev–Trinajstić information content (AvgIpc) is 3.40. The number of nitrogen functional groups attached to an aromatic ring is 1. The first-order valence-corrected chi connectivity index (χ1v) is 11.2. The zero-order valence-electron chi connectivity index (χ0n) is 18.6. The molecule has 0 aliphatic carbocycles. The molecule has 3 N–H and O–H groups in total. The lowest BCUT2D eigenvalue weighted by Gasteiger charge is -2.35. The molecule has 35 heavy (non-hydrogen) atoms. The van der Waals surface area contributed by atoms with Gasteiger partial charge in [0.05, 0.1) is 30.5 Å². The molecule has 3 aromatic heterocycles. The second-order valence-corrected chi connectivity index (χ2v) is 8.52. The number of halogens is 2. The van der Waals surface area contributed by atoms with Gasteiger partial charge in [0.1, 0.15) is 11.3 Å². The van der Waals surface area contributed by atoms with Crippen molar-refractivity contribution >= 4 is 40.6 Å². The number of nitrogens with two attached hydrogens (primary N) is 1. The lowest BCUT2D eigenvalue weighted by Crippen LogP contribution is -2.43. The van der Waals surface area contributed by atoms with Crippen molar-refractivity contribution in [2.24, 2.45) is 5.92 Å². The Hall–Kier alpha value is -4.16. The molecule has 2 aliphatic heterocycles. The molecule has 182 valence electrons. The molecule has 2 aliphatic rings. The van der Waals surface area contributed by atoms with Crippen molar-refractivity contribution in [2.45, 2.75) is 25.7 Å². The van der Waals surface area contributed by atoms with Crippen LogP contribution in [0.3, 0.4) is 0 Å². The SMILES string of the molecule is Nc1nn2cc(F)cnc2c1C(=O)Nc1cncc(F)c1N1CCC(C(=O)N2CCCC2=O)CC1. The highest BCUT2D eigenvalue weighted by atomic mass is 19.1. The van der Waals surface area contributed by atoms with Crippen molar-refractivity contribution in [2.75, 3.05) is 35.6 Å². The fourth-order valence-electron chi connectivity index (χ4n) is 4.62. The molecule has 3 amide bonds. The van der Waals surface area contributed by atoms with Crippen molar-refractivity contribution in [3.05, 3.63) is 42.0 Å². The standard InChI is InChI=1S/C22H22F2N8O3/c23-13-8-27-20-17(19(25)29-32(20)11-13)21(34)28-15-10-26-9-14(24)18(15)30-6-3-12(4-7-30)22(35)31-5-1-2-16(31)33/h8-12H,1-7H2,(H2,25,29)(H,28,34). The van der Waals surface area contributed by atoms with Crippen LogP contribution in [0.15, 0.2) is 24.8 Å². The van der Waals surface area contributed by atoms with Gasteiger partial charge >= 0.3 is 0 Å². The summed E-state index contributed by atoms with van der Waals surface area (Å²) in [5.41, 5.74) is 6.06. The van der Waals surface area contributed by atoms with Crippen LogP contribution >= 0.6 is 0 Å². The predicted octanol–water partition coefficient (Wildman–Crippen LogP) is 1.60. The van der Waals surface area contributed by atoms with Gasteiger partial charge in [0.2, 0.25) is 11.8 Å². The van der Waals surface area contributed by atoms with Crippen LogP contribution in [-0.2, 0) is 9.59 Å². The van der Waals surface area contributed by atoms with E-state index in [1.165, 1.54) is 11.1 Å². The molecule has 0 spiro atoms. The van der Waals surface area contributed by atoms with Crippen LogP contribution in [0, 0.1) is 17.6 Å². The number of hydrogen-bond acceptors (Lipinski definition) is 8. The monoisotopic (exact) mass is 484 g/mol. The van der Waals surface area contributed by atoms with Crippen molar-refractivity contribution in [3.8, 4) is 0 Å². The molecule has 2 saturated heterocycles. The predicted molar refractivity (Wildman–Crippen MR) is 120 cm³/mol.